The van der Waals surface area contributed by atoms with Crippen LogP contribution < -0.4 is 15.2 Å². The van der Waals surface area contributed by atoms with Gasteiger partial charge in [-0.3, -0.25) is 9.52 Å². The molecular weight excluding hydrogens is 360 g/mol. The first kappa shape index (κ1) is 17.3. The number of aryl methyl sites for hydroxylation is 1. The number of para-hydroxylation sites is 1. The number of nitrogens with one attached hydrogen (secondary N) is 2. The minimum atomic E-state index is -3.85. The van der Waals surface area contributed by atoms with E-state index in [9.17, 15) is 13.2 Å². The molecular formula is C16H16N4O3S2. The molecule has 2 aromatic carbocycles. The second kappa shape index (κ2) is 7.18. The van der Waals surface area contributed by atoms with Gasteiger partial charge < -0.3 is 5.32 Å². The number of rotatable bonds is 6. The molecule has 130 valence electrons. The van der Waals surface area contributed by atoms with Crippen molar-refractivity contribution in [3.63, 3.8) is 0 Å². The number of hydrogen-bond donors (Lipinski definition) is 3. The molecule has 7 nitrogen and oxygen atoms in total. The Labute approximate surface area is 149 Å². The number of thiazole rings is 1. The molecule has 0 aliphatic carbocycles. The van der Waals surface area contributed by atoms with Crippen molar-refractivity contribution in [1.82, 2.24) is 4.98 Å². The minimum Gasteiger partial charge on any atom is -0.326 e. The summed E-state index contributed by atoms with van der Waals surface area (Å²) in [4.78, 5) is 16.6. The Balaban J connectivity index is 1.59. The van der Waals surface area contributed by atoms with E-state index >= 15 is 0 Å². The van der Waals surface area contributed by atoms with Crippen LogP contribution in [0.2, 0.25) is 0 Å². The van der Waals surface area contributed by atoms with Crippen LogP contribution >= 0.6 is 11.3 Å². The molecule has 3 rings (SSSR count). The van der Waals surface area contributed by atoms with Gasteiger partial charge >= 0.3 is 0 Å². The third-order valence-corrected chi connectivity index (χ3v) is 4.93. The van der Waals surface area contributed by atoms with Crippen LogP contribution in [-0.4, -0.2) is 19.3 Å². The summed E-state index contributed by atoms with van der Waals surface area (Å²) in [5, 5.41) is 8.57. The zero-order chi connectivity index (χ0) is 17.9. The lowest BCUT2D eigenvalue weighted by molar-refractivity contribution is -0.116. The van der Waals surface area contributed by atoms with Crippen LogP contribution in [0.15, 0.2) is 48.5 Å². The molecule has 0 bridgehead atoms. The van der Waals surface area contributed by atoms with Gasteiger partial charge in [0.15, 0.2) is 0 Å². The van der Waals surface area contributed by atoms with Gasteiger partial charge in [-0.05, 0) is 30.3 Å². The van der Waals surface area contributed by atoms with E-state index in [-0.39, 0.29) is 18.0 Å². The number of anilines is 2. The largest absolute Gasteiger partial charge is 0.326 e. The van der Waals surface area contributed by atoms with Gasteiger partial charge in [-0.2, -0.15) is 8.42 Å². The minimum absolute atomic E-state index is 0.174. The van der Waals surface area contributed by atoms with E-state index in [2.05, 4.69) is 15.0 Å². The van der Waals surface area contributed by atoms with Crippen molar-refractivity contribution in [3.05, 3.63) is 53.5 Å². The number of carbonyl (C=O) groups is 1. The Morgan fingerprint density at radius 1 is 1.12 bits per heavy atom. The maximum absolute atomic E-state index is 12.1. The lowest BCUT2D eigenvalue weighted by Crippen LogP contribution is -2.21. The number of amides is 1. The average molecular weight is 376 g/mol. The fourth-order valence-corrected chi connectivity index (χ4v) is 3.72. The van der Waals surface area contributed by atoms with Gasteiger partial charge in [0.1, 0.15) is 0 Å². The highest BCUT2D eigenvalue weighted by Crippen LogP contribution is 2.22. The van der Waals surface area contributed by atoms with Crippen LogP contribution in [0.3, 0.4) is 0 Å². The molecule has 9 heteroatoms. The van der Waals surface area contributed by atoms with E-state index in [1.165, 1.54) is 6.07 Å². The van der Waals surface area contributed by atoms with E-state index in [1.807, 2.05) is 24.3 Å². The van der Waals surface area contributed by atoms with Gasteiger partial charge in [-0.1, -0.05) is 18.2 Å². The van der Waals surface area contributed by atoms with Crippen molar-refractivity contribution >= 4 is 49.0 Å². The summed E-state index contributed by atoms with van der Waals surface area (Å²) in [7, 11) is -3.85. The molecule has 0 unspecified atom stereocenters. The van der Waals surface area contributed by atoms with E-state index in [4.69, 9.17) is 5.14 Å². The molecule has 4 N–H and O–H groups in total. The van der Waals surface area contributed by atoms with E-state index < -0.39 is 10.2 Å². The highest BCUT2D eigenvalue weighted by atomic mass is 32.2. The average Bonchev–Trinajstić information content (AvgIpc) is 2.94. The number of carbonyl (C=O) groups excluding carboxylic acids is 1. The Hall–Kier alpha value is -2.49. The smallest absolute Gasteiger partial charge is 0.296 e. The first-order chi connectivity index (χ1) is 11.9. The van der Waals surface area contributed by atoms with Crippen molar-refractivity contribution in [2.75, 3.05) is 10.0 Å². The molecule has 0 aliphatic heterocycles. The Morgan fingerprint density at radius 2 is 1.88 bits per heavy atom. The maximum atomic E-state index is 12.1. The molecule has 0 spiro atoms. The molecule has 25 heavy (non-hydrogen) atoms. The predicted octanol–water partition coefficient (Wildman–Crippen LogP) is 2.48. The summed E-state index contributed by atoms with van der Waals surface area (Å²) in [6.45, 7) is 0. The summed E-state index contributed by atoms with van der Waals surface area (Å²) >= 11 is 1.57. The van der Waals surface area contributed by atoms with Crippen LogP contribution in [0.4, 0.5) is 11.4 Å². The normalized spacial score (nSPS) is 11.4. The third kappa shape index (κ3) is 4.99. The predicted molar refractivity (Wildman–Crippen MR) is 99.7 cm³/mol. The zero-order valence-electron chi connectivity index (χ0n) is 13.1. The molecule has 1 aromatic heterocycles. The van der Waals surface area contributed by atoms with Gasteiger partial charge in [0.25, 0.3) is 10.2 Å². The lowest BCUT2D eigenvalue weighted by atomic mass is 10.2. The molecule has 1 heterocycles. The van der Waals surface area contributed by atoms with Gasteiger partial charge in [0.2, 0.25) is 5.91 Å². The first-order valence-electron chi connectivity index (χ1n) is 7.44. The monoisotopic (exact) mass is 376 g/mol. The molecule has 0 saturated heterocycles. The molecule has 0 fully saturated rings. The topological polar surface area (TPSA) is 114 Å². The number of fused-ring (bicyclic) bond motifs is 1. The fraction of sp³-hybridized carbons (Fsp3) is 0.125. The van der Waals surface area contributed by atoms with Gasteiger partial charge in [-0.15, -0.1) is 11.3 Å². The quantitative estimate of drug-likeness (QED) is 0.613. The highest BCUT2D eigenvalue weighted by molar-refractivity contribution is 7.90. The fourth-order valence-electron chi connectivity index (χ4n) is 2.30. The summed E-state index contributed by atoms with van der Waals surface area (Å²) in [5.41, 5.74) is 1.71. The number of hydrogen-bond acceptors (Lipinski definition) is 5. The maximum Gasteiger partial charge on any atom is 0.296 e. The molecule has 0 aliphatic rings. The highest BCUT2D eigenvalue weighted by Gasteiger charge is 2.08. The number of aromatic nitrogens is 1. The number of nitrogens with zero attached hydrogens (tertiary/aromatic N) is 1. The molecule has 3 aromatic rings. The van der Waals surface area contributed by atoms with Crippen LogP contribution in [0.25, 0.3) is 10.2 Å². The first-order valence-corrected chi connectivity index (χ1v) is 9.80. The van der Waals surface area contributed by atoms with Crippen molar-refractivity contribution in [2.45, 2.75) is 12.8 Å². The number of benzene rings is 2. The van der Waals surface area contributed by atoms with Gasteiger partial charge in [0.05, 0.1) is 20.9 Å². The standard InChI is InChI=1S/C16H16N4O3S2/c17-25(22,23)20-12-5-3-4-11(10-12)18-15(21)8-9-16-19-13-6-1-2-7-14(13)24-16/h1-7,10,20H,8-9H2,(H,18,21)(H2,17,22,23). The summed E-state index contributed by atoms with van der Waals surface area (Å²) in [5.74, 6) is -0.174. The Morgan fingerprint density at radius 3 is 2.64 bits per heavy atom. The second-order valence-corrected chi connectivity index (χ2v) is 7.76. The summed E-state index contributed by atoms with van der Waals surface area (Å²) in [6.07, 6.45) is 0.826. The van der Waals surface area contributed by atoms with E-state index in [0.29, 0.717) is 12.1 Å². The van der Waals surface area contributed by atoms with Crippen LogP contribution in [0.1, 0.15) is 11.4 Å². The van der Waals surface area contributed by atoms with Crippen molar-refractivity contribution < 1.29 is 13.2 Å². The van der Waals surface area contributed by atoms with Crippen molar-refractivity contribution in [2.24, 2.45) is 5.14 Å². The van der Waals surface area contributed by atoms with Crippen LogP contribution in [-0.2, 0) is 21.4 Å². The van der Waals surface area contributed by atoms with Crippen LogP contribution in [0.5, 0.6) is 0 Å². The molecule has 0 atom stereocenters. The molecule has 0 saturated carbocycles. The lowest BCUT2D eigenvalue weighted by Gasteiger charge is -2.08. The van der Waals surface area contributed by atoms with Gasteiger partial charge in [0, 0.05) is 18.5 Å². The molecule has 0 radical (unpaired) electrons. The van der Waals surface area contributed by atoms with Crippen molar-refractivity contribution in [3.8, 4) is 0 Å². The van der Waals surface area contributed by atoms with E-state index in [0.717, 1.165) is 15.2 Å². The zero-order valence-corrected chi connectivity index (χ0v) is 14.7. The molecule has 1 amide bonds. The second-order valence-electron chi connectivity index (χ2n) is 5.35. The summed E-state index contributed by atoms with van der Waals surface area (Å²) < 4.78 is 25.3. The SMILES string of the molecule is NS(=O)(=O)Nc1cccc(NC(=O)CCc2nc3ccccc3s2)c1. The Bertz CT molecular complexity index is 982. The Kier molecular flexibility index (Phi) is 4.98. The van der Waals surface area contributed by atoms with Gasteiger partial charge in [-0.25, -0.2) is 10.1 Å². The summed E-state index contributed by atoms with van der Waals surface area (Å²) in [6, 6.07) is 14.2. The van der Waals surface area contributed by atoms with E-state index in [1.54, 1.807) is 29.5 Å². The van der Waals surface area contributed by atoms with Crippen LogP contribution in [0, 0.1) is 0 Å². The van der Waals surface area contributed by atoms with Crippen molar-refractivity contribution in [1.29, 1.82) is 0 Å². The number of nitrogens with two attached hydrogens (primary N) is 1. The third-order valence-electron chi connectivity index (χ3n) is 3.31.